The normalized spacial score (nSPS) is 22.8. The van der Waals surface area contributed by atoms with Crippen LogP contribution in [-0.2, 0) is 7.05 Å². The summed E-state index contributed by atoms with van der Waals surface area (Å²) in [4.78, 5) is 0. The number of hydrogen-bond acceptors (Lipinski definition) is 3. The van der Waals surface area contributed by atoms with Gasteiger partial charge in [-0.25, -0.2) is 4.68 Å². The Morgan fingerprint density at radius 1 is 1.25 bits per heavy atom. The average molecular weight is 271 g/mol. The molecule has 20 heavy (non-hydrogen) atoms. The summed E-state index contributed by atoms with van der Waals surface area (Å²) in [5.74, 6) is 1.84. The van der Waals surface area contributed by atoms with Gasteiger partial charge in [-0.3, -0.25) is 4.68 Å². The molecule has 0 aromatic carbocycles. The molecule has 3 heterocycles. The molecule has 5 nitrogen and oxygen atoms in total. The zero-order valence-electron chi connectivity index (χ0n) is 11.9. The molecule has 1 fully saturated rings. The number of anilines is 1. The smallest absolute Gasteiger partial charge is 0.125 e. The van der Waals surface area contributed by atoms with Crippen molar-refractivity contribution in [3.05, 3.63) is 29.7 Å². The van der Waals surface area contributed by atoms with Crippen LogP contribution in [0.1, 0.15) is 55.3 Å². The highest BCUT2D eigenvalue weighted by atomic mass is 15.4. The van der Waals surface area contributed by atoms with Crippen molar-refractivity contribution in [1.29, 1.82) is 0 Å². The fraction of sp³-hybridized carbons (Fsp3) is 0.600. The summed E-state index contributed by atoms with van der Waals surface area (Å²) < 4.78 is 4.05. The summed E-state index contributed by atoms with van der Waals surface area (Å²) in [6.45, 7) is 1.01. The van der Waals surface area contributed by atoms with Crippen LogP contribution in [-0.4, -0.2) is 26.1 Å². The molecule has 0 radical (unpaired) electrons. The van der Waals surface area contributed by atoms with Gasteiger partial charge in [0.1, 0.15) is 5.82 Å². The van der Waals surface area contributed by atoms with Crippen LogP contribution < -0.4 is 5.32 Å². The van der Waals surface area contributed by atoms with Crippen molar-refractivity contribution in [3.63, 3.8) is 0 Å². The number of nitrogens with zero attached hydrogens (tertiary/aromatic N) is 4. The second-order valence-corrected chi connectivity index (χ2v) is 6.06. The molecule has 1 aliphatic heterocycles. The first-order chi connectivity index (χ1) is 9.81. The Morgan fingerprint density at radius 2 is 2.10 bits per heavy atom. The lowest BCUT2D eigenvalue weighted by Crippen LogP contribution is -2.24. The van der Waals surface area contributed by atoms with Crippen molar-refractivity contribution in [3.8, 4) is 0 Å². The van der Waals surface area contributed by atoms with Gasteiger partial charge in [0.2, 0.25) is 0 Å². The Morgan fingerprint density at radius 3 is 2.85 bits per heavy atom. The third kappa shape index (κ3) is 1.92. The minimum Gasteiger partial charge on any atom is -0.370 e. The van der Waals surface area contributed by atoms with E-state index in [2.05, 4.69) is 27.4 Å². The molecule has 5 heteroatoms. The molecule has 1 atom stereocenters. The van der Waals surface area contributed by atoms with Gasteiger partial charge in [0, 0.05) is 37.3 Å². The predicted octanol–water partition coefficient (Wildman–Crippen LogP) is 2.68. The third-order valence-electron chi connectivity index (χ3n) is 4.66. The van der Waals surface area contributed by atoms with Gasteiger partial charge in [-0.05, 0) is 19.3 Å². The van der Waals surface area contributed by atoms with E-state index in [9.17, 15) is 0 Å². The molecule has 2 aromatic rings. The maximum absolute atomic E-state index is 4.92. The van der Waals surface area contributed by atoms with E-state index >= 15 is 0 Å². The SMILES string of the molecule is Cn1cc(C2CCNc3cc(C4CCCC4)nn32)cn1. The Hall–Kier alpha value is -1.78. The van der Waals surface area contributed by atoms with Crippen LogP contribution in [0.25, 0.3) is 0 Å². The van der Waals surface area contributed by atoms with Crippen LogP contribution in [0.5, 0.6) is 0 Å². The first-order valence-corrected chi connectivity index (χ1v) is 7.63. The molecule has 0 amide bonds. The molecule has 2 aliphatic rings. The number of nitrogens with one attached hydrogen (secondary N) is 1. The molecule has 1 aliphatic carbocycles. The van der Waals surface area contributed by atoms with Gasteiger partial charge in [0.05, 0.1) is 17.9 Å². The van der Waals surface area contributed by atoms with Gasteiger partial charge in [0.15, 0.2) is 0 Å². The zero-order chi connectivity index (χ0) is 13.5. The monoisotopic (exact) mass is 271 g/mol. The minimum atomic E-state index is 0.329. The second kappa shape index (κ2) is 4.65. The first-order valence-electron chi connectivity index (χ1n) is 7.63. The molecule has 4 rings (SSSR count). The van der Waals surface area contributed by atoms with Crippen LogP contribution in [0.15, 0.2) is 18.5 Å². The van der Waals surface area contributed by atoms with Crippen LogP contribution >= 0.6 is 0 Å². The number of aryl methyl sites for hydroxylation is 1. The van der Waals surface area contributed by atoms with Gasteiger partial charge in [-0.2, -0.15) is 10.2 Å². The Bertz CT molecular complexity index is 606. The summed E-state index contributed by atoms with van der Waals surface area (Å²) in [5, 5.41) is 12.7. The lowest BCUT2D eigenvalue weighted by Gasteiger charge is -2.24. The van der Waals surface area contributed by atoms with Gasteiger partial charge in [-0.15, -0.1) is 0 Å². The van der Waals surface area contributed by atoms with Crippen molar-refractivity contribution in [1.82, 2.24) is 19.6 Å². The van der Waals surface area contributed by atoms with Gasteiger partial charge < -0.3 is 5.32 Å². The van der Waals surface area contributed by atoms with E-state index in [0.29, 0.717) is 12.0 Å². The summed E-state index contributed by atoms with van der Waals surface area (Å²) in [7, 11) is 1.97. The van der Waals surface area contributed by atoms with Gasteiger partial charge in [-0.1, -0.05) is 12.8 Å². The van der Waals surface area contributed by atoms with Crippen LogP contribution in [0.4, 0.5) is 5.82 Å². The fourth-order valence-electron chi connectivity index (χ4n) is 3.58. The lowest BCUT2D eigenvalue weighted by molar-refractivity contribution is 0.473. The molecular weight excluding hydrogens is 250 g/mol. The maximum Gasteiger partial charge on any atom is 0.125 e. The fourth-order valence-corrected chi connectivity index (χ4v) is 3.58. The third-order valence-corrected chi connectivity index (χ3v) is 4.66. The van der Waals surface area contributed by atoms with E-state index in [0.717, 1.165) is 13.0 Å². The number of rotatable bonds is 2. The van der Waals surface area contributed by atoms with E-state index in [4.69, 9.17) is 5.10 Å². The summed E-state index contributed by atoms with van der Waals surface area (Å²) >= 11 is 0. The van der Waals surface area contributed by atoms with E-state index in [1.807, 2.05) is 17.9 Å². The zero-order valence-corrected chi connectivity index (χ0v) is 11.9. The first kappa shape index (κ1) is 12.0. The molecule has 0 bridgehead atoms. The summed E-state index contributed by atoms with van der Waals surface area (Å²) in [6, 6.07) is 2.59. The van der Waals surface area contributed by atoms with Crippen molar-refractivity contribution < 1.29 is 0 Å². The standard InChI is InChI=1S/C15H21N5/c1-19-10-12(9-17-19)14-6-7-16-15-8-13(18-20(14)15)11-4-2-3-5-11/h8-11,14,16H,2-7H2,1H3. The topological polar surface area (TPSA) is 47.7 Å². The molecular formula is C15H21N5. The van der Waals surface area contributed by atoms with Crippen molar-refractivity contribution in [2.75, 3.05) is 11.9 Å². The van der Waals surface area contributed by atoms with E-state index in [1.165, 1.54) is 42.8 Å². The molecule has 106 valence electrons. The molecule has 1 N–H and O–H groups in total. The largest absolute Gasteiger partial charge is 0.370 e. The molecule has 1 unspecified atom stereocenters. The Balaban J connectivity index is 1.69. The van der Waals surface area contributed by atoms with Gasteiger partial charge >= 0.3 is 0 Å². The molecule has 2 aromatic heterocycles. The van der Waals surface area contributed by atoms with Crippen molar-refractivity contribution in [2.45, 2.75) is 44.1 Å². The number of hydrogen-bond donors (Lipinski definition) is 1. The maximum atomic E-state index is 4.92. The van der Waals surface area contributed by atoms with Gasteiger partial charge in [0.25, 0.3) is 0 Å². The van der Waals surface area contributed by atoms with E-state index < -0.39 is 0 Å². The highest BCUT2D eigenvalue weighted by molar-refractivity contribution is 5.42. The quantitative estimate of drug-likeness (QED) is 0.913. The van der Waals surface area contributed by atoms with E-state index in [1.54, 1.807) is 0 Å². The number of aromatic nitrogens is 4. The number of fused-ring (bicyclic) bond motifs is 1. The van der Waals surface area contributed by atoms with Crippen molar-refractivity contribution >= 4 is 5.82 Å². The minimum absolute atomic E-state index is 0.329. The van der Waals surface area contributed by atoms with Crippen LogP contribution in [0.2, 0.25) is 0 Å². The lowest BCUT2D eigenvalue weighted by atomic mass is 10.0. The highest BCUT2D eigenvalue weighted by Crippen LogP contribution is 2.37. The molecule has 0 spiro atoms. The predicted molar refractivity (Wildman–Crippen MR) is 77.9 cm³/mol. The summed E-state index contributed by atoms with van der Waals surface area (Å²) in [5.41, 5.74) is 2.54. The Kier molecular flexibility index (Phi) is 2.79. The summed E-state index contributed by atoms with van der Waals surface area (Å²) in [6.07, 6.45) is 10.5. The Labute approximate surface area is 119 Å². The van der Waals surface area contributed by atoms with E-state index in [-0.39, 0.29) is 0 Å². The van der Waals surface area contributed by atoms with Crippen LogP contribution in [0.3, 0.4) is 0 Å². The second-order valence-electron chi connectivity index (χ2n) is 6.06. The molecule has 1 saturated carbocycles. The highest BCUT2D eigenvalue weighted by Gasteiger charge is 2.27. The van der Waals surface area contributed by atoms with Crippen molar-refractivity contribution in [2.24, 2.45) is 7.05 Å². The molecule has 0 saturated heterocycles. The van der Waals surface area contributed by atoms with Crippen LogP contribution in [0, 0.1) is 0 Å². The average Bonchev–Trinajstić information content (AvgIpc) is 3.17.